The van der Waals surface area contributed by atoms with Crippen LogP contribution in [0.15, 0.2) is 109 Å². The van der Waals surface area contributed by atoms with Gasteiger partial charge in [0.15, 0.2) is 0 Å². The van der Waals surface area contributed by atoms with Crippen LogP contribution >= 0.6 is 0 Å². The molecule has 0 aliphatic heterocycles. The van der Waals surface area contributed by atoms with Crippen LogP contribution in [0.3, 0.4) is 0 Å². The fraction of sp³-hybridized carbons (Fsp3) is 0.677. The van der Waals surface area contributed by atoms with E-state index in [9.17, 15) is 19.8 Å². The zero-order valence-corrected chi connectivity index (χ0v) is 44.2. The van der Waals surface area contributed by atoms with Gasteiger partial charge < -0.3 is 20.3 Å². The first kappa shape index (κ1) is 64.5. The molecule has 0 aromatic carbocycles. The quantitative estimate of drug-likeness (QED) is 0.0244. The molecule has 3 atom stereocenters. The Morgan fingerprint density at radius 2 is 0.882 bits per heavy atom. The highest BCUT2D eigenvalue weighted by Gasteiger charge is 2.24. The topological polar surface area (TPSA) is 95.9 Å². The standard InChI is InChI=1S/C62H105NO5/c1-4-7-10-13-16-19-22-25-28-31-33-36-39-42-45-48-51-54-60(65)59(57-64)63-61(66)56-58(53-50-47-44-41-38-35-32-29-26-23-20-17-14-11-8-5-2)68-62(67)55-52-49-46-43-40-37-34-30-27-24-21-18-15-12-9-6-3/h9,11-12,14,17-18,20-21,23,26-27,29-30,32,35,37-38,40,58-60,64-65H,4-8,10,13,15-16,19,22,24-25,28,31,33-34,36,39,41-57H2,1-3H3,(H,63,66)/b12-9+,14-11+,20-17+,21-18+,26-23+,30-27+,32-29+,38-35+,40-37+. The van der Waals surface area contributed by atoms with E-state index in [2.05, 4.69) is 99.0 Å². The smallest absolute Gasteiger partial charge is 0.306 e. The highest BCUT2D eigenvalue weighted by Crippen LogP contribution is 2.17. The van der Waals surface area contributed by atoms with E-state index in [1.54, 1.807) is 0 Å². The highest BCUT2D eigenvalue weighted by atomic mass is 16.5. The monoisotopic (exact) mass is 944 g/mol. The first-order chi connectivity index (χ1) is 33.5. The van der Waals surface area contributed by atoms with E-state index in [-0.39, 0.29) is 24.9 Å². The molecule has 0 heterocycles. The Balaban J connectivity index is 4.70. The lowest BCUT2D eigenvalue weighted by Crippen LogP contribution is -2.46. The van der Waals surface area contributed by atoms with Crippen molar-refractivity contribution >= 4 is 11.9 Å². The van der Waals surface area contributed by atoms with Gasteiger partial charge in [-0.3, -0.25) is 9.59 Å². The average Bonchev–Trinajstić information content (AvgIpc) is 3.33. The summed E-state index contributed by atoms with van der Waals surface area (Å²) in [5, 5.41) is 23.9. The van der Waals surface area contributed by atoms with E-state index < -0.39 is 18.2 Å². The molecule has 0 fully saturated rings. The summed E-state index contributed by atoms with van der Waals surface area (Å²) in [4.78, 5) is 26.2. The van der Waals surface area contributed by atoms with Crippen LogP contribution in [0.25, 0.3) is 0 Å². The lowest BCUT2D eigenvalue weighted by atomic mass is 10.0. The van der Waals surface area contributed by atoms with Gasteiger partial charge in [-0.1, -0.05) is 259 Å². The van der Waals surface area contributed by atoms with Crippen molar-refractivity contribution in [3.05, 3.63) is 109 Å². The maximum Gasteiger partial charge on any atom is 0.306 e. The van der Waals surface area contributed by atoms with Gasteiger partial charge in [0.25, 0.3) is 0 Å². The van der Waals surface area contributed by atoms with Crippen molar-refractivity contribution < 1.29 is 24.5 Å². The van der Waals surface area contributed by atoms with Crippen LogP contribution < -0.4 is 5.32 Å². The molecule has 6 nitrogen and oxygen atoms in total. The van der Waals surface area contributed by atoms with Crippen molar-refractivity contribution in [3.63, 3.8) is 0 Å². The molecule has 0 aromatic heterocycles. The van der Waals surface area contributed by atoms with E-state index in [4.69, 9.17) is 4.74 Å². The molecule has 0 aliphatic rings. The number of carbonyl (C=O) groups excluding carboxylic acids is 2. The molecule has 0 bridgehead atoms. The number of amides is 1. The fourth-order valence-corrected chi connectivity index (χ4v) is 7.98. The second-order valence-corrected chi connectivity index (χ2v) is 18.7. The van der Waals surface area contributed by atoms with Gasteiger partial charge in [-0.05, 0) is 83.5 Å². The molecule has 3 unspecified atom stereocenters. The number of aliphatic hydroxyl groups excluding tert-OH is 2. The minimum absolute atomic E-state index is 0.0301. The third-order valence-electron chi connectivity index (χ3n) is 12.2. The Morgan fingerprint density at radius 3 is 1.40 bits per heavy atom. The van der Waals surface area contributed by atoms with Crippen molar-refractivity contribution in [3.8, 4) is 0 Å². The number of hydrogen-bond acceptors (Lipinski definition) is 5. The highest BCUT2D eigenvalue weighted by molar-refractivity contribution is 5.77. The normalized spacial score (nSPS) is 14.0. The number of rotatable bonds is 49. The van der Waals surface area contributed by atoms with Gasteiger partial charge in [0.05, 0.1) is 25.2 Å². The molecular formula is C62H105NO5. The maximum atomic E-state index is 13.3. The number of unbranched alkanes of at least 4 members (excludes halogenated alkanes) is 23. The van der Waals surface area contributed by atoms with Gasteiger partial charge in [-0.25, -0.2) is 0 Å². The van der Waals surface area contributed by atoms with E-state index in [0.29, 0.717) is 19.3 Å². The van der Waals surface area contributed by atoms with E-state index in [1.807, 2.05) is 36.5 Å². The minimum atomic E-state index is -0.813. The second kappa shape index (κ2) is 54.5. The van der Waals surface area contributed by atoms with Crippen LogP contribution in [-0.2, 0) is 14.3 Å². The third-order valence-corrected chi connectivity index (χ3v) is 12.2. The van der Waals surface area contributed by atoms with Gasteiger partial charge in [0.1, 0.15) is 6.10 Å². The zero-order valence-electron chi connectivity index (χ0n) is 44.2. The predicted molar refractivity (Wildman–Crippen MR) is 296 cm³/mol. The van der Waals surface area contributed by atoms with Gasteiger partial charge in [-0.15, -0.1) is 0 Å². The molecule has 0 aliphatic carbocycles. The number of ether oxygens (including phenoxy) is 1. The first-order valence-electron chi connectivity index (χ1n) is 28.2. The van der Waals surface area contributed by atoms with Gasteiger partial charge >= 0.3 is 5.97 Å². The summed E-state index contributed by atoms with van der Waals surface area (Å²) in [7, 11) is 0. The van der Waals surface area contributed by atoms with Crippen LogP contribution in [0.4, 0.5) is 0 Å². The zero-order chi connectivity index (χ0) is 49.5. The van der Waals surface area contributed by atoms with Gasteiger partial charge in [0, 0.05) is 6.42 Å². The van der Waals surface area contributed by atoms with Crippen molar-refractivity contribution in [1.29, 1.82) is 0 Å². The van der Waals surface area contributed by atoms with E-state index in [0.717, 1.165) is 109 Å². The molecule has 0 radical (unpaired) electrons. The number of hydrogen-bond donors (Lipinski definition) is 3. The summed E-state index contributed by atoms with van der Waals surface area (Å²) in [6.45, 7) is 6.27. The van der Waals surface area contributed by atoms with Crippen LogP contribution in [0, 0.1) is 0 Å². The molecule has 0 rings (SSSR count). The Bertz CT molecular complexity index is 1380. The number of carbonyl (C=O) groups is 2. The van der Waals surface area contributed by atoms with Crippen LogP contribution in [0.1, 0.15) is 245 Å². The Kier molecular flexibility index (Phi) is 51.7. The van der Waals surface area contributed by atoms with E-state index in [1.165, 1.54) is 89.9 Å². The number of nitrogens with one attached hydrogen (secondary N) is 1. The first-order valence-corrected chi connectivity index (χ1v) is 28.2. The fourth-order valence-electron chi connectivity index (χ4n) is 7.98. The molecule has 0 aromatic rings. The number of esters is 1. The van der Waals surface area contributed by atoms with Crippen LogP contribution in [0.5, 0.6) is 0 Å². The summed E-state index contributed by atoms with van der Waals surface area (Å²) in [5.41, 5.74) is 0. The van der Waals surface area contributed by atoms with Crippen molar-refractivity contribution in [2.24, 2.45) is 0 Å². The molecule has 388 valence electrons. The average molecular weight is 945 g/mol. The molecule has 0 saturated carbocycles. The molecule has 1 amide bonds. The summed E-state index contributed by atoms with van der Waals surface area (Å²) >= 11 is 0. The van der Waals surface area contributed by atoms with Crippen LogP contribution in [-0.4, -0.2) is 46.9 Å². The summed E-state index contributed by atoms with van der Waals surface area (Å²) in [6.07, 6.45) is 74.3. The largest absolute Gasteiger partial charge is 0.462 e. The molecule has 68 heavy (non-hydrogen) atoms. The number of allylic oxidation sites excluding steroid dienone is 18. The van der Waals surface area contributed by atoms with Crippen molar-refractivity contribution in [2.45, 2.75) is 264 Å². The molecule has 0 saturated heterocycles. The molecule has 6 heteroatoms. The molecule has 3 N–H and O–H groups in total. The van der Waals surface area contributed by atoms with Gasteiger partial charge in [-0.2, -0.15) is 0 Å². The maximum absolute atomic E-state index is 13.3. The predicted octanol–water partition coefficient (Wildman–Crippen LogP) is 17.5. The number of aliphatic hydroxyl groups is 2. The Hall–Kier alpha value is -3.48. The SMILES string of the molecule is CC/C=C/C/C=C/C/C=C/C/C=C/CCCCCC(=O)OC(CCCCC/C=C/C=C/C=C/C=C/C=C/CCC)CC(=O)NC(CO)C(O)CCCCCCCCCCCCCCCCCCC. The summed E-state index contributed by atoms with van der Waals surface area (Å²) in [5.74, 6) is -0.558. The summed E-state index contributed by atoms with van der Waals surface area (Å²) in [6, 6.07) is -0.731. The Morgan fingerprint density at radius 1 is 0.456 bits per heavy atom. The summed E-state index contributed by atoms with van der Waals surface area (Å²) < 4.78 is 5.92. The second-order valence-electron chi connectivity index (χ2n) is 18.7. The van der Waals surface area contributed by atoms with Crippen molar-refractivity contribution in [1.82, 2.24) is 5.32 Å². The molecular weight excluding hydrogens is 839 g/mol. The van der Waals surface area contributed by atoms with Crippen LogP contribution in [0.2, 0.25) is 0 Å². The van der Waals surface area contributed by atoms with Gasteiger partial charge in [0.2, 0.25) is 5.91 Å². The van der Waals surface area contributed by atoms with E-state index >= 15 is 0 Å². The van der Waals surface area contributed by atoms with Crippen molar-refractivity contribution in [2.75, 3.05) is 6.61 Å². The molecule has 0 spiro atoms. The Labute approximate surface area is 419 Å². The lowest BCUT2D eigenvalue weighted by molar-refractivity contribution is -0.151. The minimum Gasteiger partial charge on any atom is -0.462 e. The third kappa shape index (κ3) is 49.0. The lowest BCUT2D eigenvalue weighted by Gasteiger charge is -2.24.